The van der Waals surface area contributed by atoms with Crippen LogP contribution in [0.15, 0.2) is 24.3 Å². The number of nitro benzene ring substituents is 2. The fourth-order valence-electron chi connectivity index (χ4n) is 2.00. The van der Waals surface area contributed by atoms with Crippen molar-refractivity contribution in [2.24, 2.45) is 0 Å². The number of nitrogens with one attached hydrogen (secondary N) is 1. The van der Waals surface area contributed by atoms with E-state index in [2.05, 4.69) is 5.32 Å². The van der Waals surface area contributed by atoms with Crippen LogP contribution in [0.25, 0.3) is 0 Å². The molecule has 0 aliphatic carbocycles. The quantitative estimate of drug-likeness (QED) is 0.458. The molecule has 2 aromatic carbocycles. The Kier molecular flexibility index (Phi) is 5.49. The lowest BCUT2D eigenvalue weighted by Crippen LogP contribution is -2.11. The molecule has 26 heavy (non-hydrogen) atoms. The summed E-state index contributed by atoms with van der Waals surface area (Å²) in [5.74, 6) is 0. The zero-order valence-electron chi connectivity index (χ0n) is 12.1. The highest BCUT2D eigenvalue weighted by molar-refractivity contribution is 6.36. The molecule has 0 saturated heterocycles. The summed E-state index contributed by atoms with van der Waals surface area (Å²) in [6.07, 6.45) is -5.14. The average Bonchev–Trinajstić information content (AvgIpc) is 2.49. The molecule has 13 heteroatoms. The topological polar surface area (TPSA) is 98.3 Å². The van der Waals surface area contributed by atoms with E-state index in [1.54, 1.807) is 0 Å². The van der Waals surface area contributed by atoms with E-state index in [0.29, 0.717) is 0 Å². The zero-order valence-corrected chi connectivity index (χ0v) is 14.4. The lowest BCUT2D eigenvalue weighted by Gasteiger charge is -2.14. The molecule has 0 radical (unpaired) electrons. The predicted octanol–water partition coefficient (Wildman–Crippen LogP) is 6.23. The van der Waals surface area contributed by atoms with Gasteiger partial charge in [0.05, 0.1) is 26.1 Å². The van der Waals surface area contributed by atoms with Gasteiger partial charge in [-0.2, -0.15) is 13.2 Å². The number of nitro groups is 2. The van der Waals surface area contributed by atoms with Gasteiger partial charge in [-0.15, -0.1) is 0 Å². The number of nitrogens with zero attached hydrogens (tertiary/aromatic N) is 2. The molecule has 0 bridgehead atoms. The lowest BCUT2D eigenvalue weighted by molar-refractivity contribution is -0.392. The van der Waals surface area contributed by atoms with Gasteiger partial charge in [0.1, 0.15) is 5.02 Å². The van der Waals surface area contributed by atoms with Gasteiger partial charge >= 0.3 is 17.6 Å². The van der Waals surface area contributed by atoms with Crippen LogP contribution >= 0.6 is 34.8 Å². The molecule has 0 unspecified atom stereocenters. The molecule has 0 fully saturated rings. The minimum Gasteiger partial charge on any atom is -0.343 e. The number of benzene rings is 2. The first-order valence-corrected chi connectivity index (χ1v) is 7.51. The van der Waals surface area contributed by atoms with Crippen molar-refractivity contribution in [1.82, 2.24) is 0 Å². The first-order valence-electron chi connectivity index (χ1n) is 6.38. The van der Waals surface area contributed by atoms with Gasteiger partial charge in [-0.25, -0.2) is 0 Å². The maximum absolute atomic E-state index is 13.0. The monoisotopic (exact) mass is 429 g/mol. The molecular weight excluding hydrogens is 426 g/mol. The highest BCUT2D eigenvalue weighted by Crippen LogP contribution is 2.48. The molecule has 0 saturated carbocycles. The SMILES string of the molecule is O=[N+]([O-])c1cc(C(F)(F)F)c(Cl)c([N+](=O)[O-])c1Nc1cc(Cl)ccc1Cl. The Balaban J connectivity index is 2.82. The molecular formula is C13H5Cl3F3N3O4. The van der Waals surface area contributed by atoms with Crippen LogP contribution in [0.4, 0.5) is 35.9 Å². The van der Waals surface area contributed by atoms with Crippen LogP contribution in [0, 0.1) is 20.2 Å². The third-order valence-electron chi connectivity index (χ3n) is 3.09. The Hall–Kier alpha value is -2.30. The molecule has 7 nitrogen and oxygen atoms in total. The van der Waals surface area contributed by atoms with Crippen LogP contribution in [0.2, 0.25) is 15.1 Å². The summed E-state index contributed by atoms with van der Waals surface area (Å²) in [5, 5.41) is 23.5. The molecule has 1 N–H and O–H groups in total. The van der Waals surface area contributed by atoms with E-state index >= 15 is 0 Å². The van der Waals surface area contributed by atoms with E-state index in [1.807, 2.05) is 0 Å². The number of anilines is 2. The summed E-state index contributed by atoms with van der Waals surface area (Å²) < 4.78 is 39.1. The molecule has 2 aromatic rings. The fourth-order valence-corrected chi connectivity index (χ4v) is 2.67. The number of hydrogen-bond donors (Lipinski definition) is 1. The average molecular weight is 431 g/mol. The Labute approximate surface area is 157 Å². The molecule has 0 aliphatic heterocycles. The molecule has 0 amide bonds. The Morgan fingerprint density at radius 1 is 1.00 bits per heavy atom. The summed E-state index contributed by atoms with van der Waals surface area (Å²) in [4.78, 5) is 20.0. The summed E-state index contributed by atoms with van der Waals surface area (Å²) >= 11 is 17.2. The van der Waals surface area contributed by atoms with Crippen LogP contribution in [0.3, 0.4) is 0 Å². The highest BCUT2D eigenvalue weighted by atomic mass is 35.5. The largest absolute Gasteiger partial charge is 0.418 e. The number of alkyl halides is 3. The van der Waals surface area contributed by atoms with Crippen LogP contribution in [0.1, 0.15) is 5.56 Å². The Morgan fingerprint density at radius 3 is 2.12 bits per heavy atom. The van der Waals surface area contributed by atoms with Crippen LogP contribution in [0.5, 0.6) is 0 Å². The van der Waals surface area contributed by atoms with Gasteiger partial charge in [-0.3, -0.25) is 20.2 Å². The van der Waals surface area contributed by atoms with Gasteiger partial charge < -0.3 is 5.32 Å². The normalized spacial score (nSPS) is 11.3. The summed E-state index contributed by atoms with van der Waals surface area (Å²) in [5.41, 5.74) is -5.18. The molecule has 2 rings (SSSR count). The maximum Gasteiger partial charge on any atom is 0.418 e. The second kappa shape index (κ2) is 7.14. The van der Waals surface area contributed by atoms with Crippen molar-refractivity contribution in [2.75, 3.05) is 5.32 Å². The van der Waals surface area contributed by atoms with E-state index in [4.69, 9.17) is 34.8 Å². The number of halogens is 6. The molecule has 0 atom stereocenters. The van der Waals surface area contributed by atoms with Gasteiger partial charge in [-0.1, -0.05) is 34.8 Å². The first-order chi connectivity index (χ1) is 11.9. The molecule has 0 aliphatic rings. The van der Waals surface area contributed by atoms with Crippen molar-refractivity contribution in [1.29, 1.82) is 0 Å². The maximum atomic E-state index is 13.0. The van der Waals surface area contributed by atoms with Gasteiger partial charge in [0.25, 0.3) is 0 Å². The molecule has 0 spiro atoms. The van der Waals surface area contributed by atoms with Crippen molar-refractivity contribution in [2.45, 2.75) is 6.18 Å². The first kappa shape index (κ1) is 20.0. The van der Waals surface area contributed by atoms with Crippen molar-refractivity contribution >= 4 is 57.6 Å². The number of hydrogen-bond acceptors (Lipinski definition) is 5. The summed E-state index contributed by atoms with van der Waals surface area (Å²) in [7, 11) is 0. The smallest absolute Gasteiger partial charge is 0.343 e. The molecule has 0 aromatic heterocycles. The third kappa shape index (κ3) is 3.92. The van der Waals surface area contributed by atoms with Crippen molar-refractivity contribution in [3.05, 3.63) is 65.1 Å². The third-order valence-corrected chi connectivity index (χ3v) is 4.04. The van der Waals surface area contributed by atoms with E-state index in [0.717, 1.165) is 0 Å². The second-order valence-corrected chi connectivity index (χ2v) is 5.96. The van der Waals surface area contributed by atoms with Gasteiger partial charge in [0.2, 0.25) is 0 Å². The van der Waals surface area contributed by atoms with Crippen molar-refractivity contribution in [3.8, 4) is 0 Å². The second-order valence-electron chi connectivity index (χ2n) is 4.74. The highest BCUT2D eigenvalue weighted by Gasteiger charge is 2.42. The Morgan fingerprint density at radius 2 is 1.62 bits per heavy atom. The molecule has 0 heterocycles. The van der Waals surface area contributed by atoms with Gasteiger partial charge in [0.15, 0.2) is 5.69 Å². The van der Waals surface area contributed by atoms with E-state index in [1.165, 1.54) is 18.2 Å². The Bertz CT molecular complexity index is 922. The van der Waals surface area contributed by atoms with Crippen LogP contribution in [-0.4, -0.2) is 9.85 Å². The molecule has 138 valence electrons. The summed E-state index contributed by atoms with van der Waals surface area (Å²) in [6, 6.07) is 3.95. The van der Waals surface area contributed by atoms with Crippen LogP contribution < -0.4 is 5.32 Å². The minimum absolute atomic E-state index is 0.0333. The predicted molar refractivity (Wildman–Crippen MR) is 89.5 cm³/mol. The minimum atomic E-state index is -5.14. The lowest BCUT2D eigenvalue weighted by atomic mass is 10.1. The van der Waals surface area contributed by atoms with Gasteiger partial charge in [0, 0.05) is 11.1 Å². The number of rotatable bonds is 4. The fraction of sp³-hybridized carbons (Fsp3) is 0.0769. The van der Waals surface area contributed by atoms with Crippen molar-refractivity contribution in [3.63, 3.8) is 0 Å². The van der Waals surface area contributed by atoms with Gasteiger partial charge in [-0.05, 0) is 18.2 Å². The van der Waals surface area contributed by atoms with E-state index in [-0.39, 0.29) is 21.8 Å². The van der Waals surface area contributed by atoms with E-state index < -0.39 is 43.7 Å². The zero-order chi connectivity index (χ0) is 19.8. The standard InChI is InChI=1S/C13H5Cl3F3N3O4/c14-5-1-2-7(15)8(3-5)20-11-9(21(23)24)4-6(13(17,18)19)10(16)12(11)22(25)26/h1-4,20H. The van der Waals surface area contributed by atoms with E-state index in [9.17, 15) is 33.4 Å². The van der Waals surface area contributed by atoms with Crippen LogP contribution in [-0.2, 0) is 6.18 Å². The van der Waals surface area contributed by atoms with Crippen molar-refractivity contribution < 1.29 is 23.0 Å². The summed E-state index contributed by atoms with van der Waals surface area (Å²) in [6.45, 7) is 0.